The molecule has 22 heavy (non-hydrogen) atoms. The summed E-state index contributed by atoms with van der Waals surface area (Å²) in [6, 6.07) is 7.51. The van der Waals surface area contributed by atoms with Crippen LogP contribution in [0.5, 0.6) is 0 Å². The highest BCUT2D eigenvalue weighted by molar-refractivity contribution is 5.92. The van der Waals surface area contributed by atoms with E-state index < -0.39 is 0 Å². The molecular weight excluding hydrogens is 302 g/mol. The zero-order valence-electron chi connectivity index (χ0n) is 13.2. The highest BCUT2D eigenvalue weighted by atomic mass is 35.5. The van der Waals surface area contributed by atoms with E-state index in [1.165, 1.54) is 0 Å². The topological polar surface area (TPSA) is 84.2 Å². The van der Waals surface area contributed by atoms with Gasteiger partial charge < -0.3 is 16.4 Å². The maximum Gasteiger partial charge on any atom is 0.227 e. The van der Waals surface area contributed by atoms with Crippen molar-refractivity contribution in [1.29, 1.82) is 0 Å². The van der Waals surface area contributed by atoms with Crippen LogP contribution < -0.4 is 16.4 Å². The van der Waals surface area contributed by atoms with E-state index in [0.717, 1.165) is 17.7 Å². The molecule has 5 nitrogen and oxygen atoms in total. The van der Waals surface area contributed by atoms with Crippen LogP contribution in [0.15, 0.2) is 24.3 Å². The van der Waals surface area contributed by atoms with E-state index in [9.17, 15) is 9.59 Å². The Hall–Kier alpha value is -1.59. The molecule has 0 spiro atoms. The number of rotatable bonds is 8. The van der Waals surface area contributed by atoms with Crippen molar-refractivity contribution in [2.75, 3.05) is 11.9 Å². The fourth-order valence-corrected chi connectivity index (χ4v) is 1.76. The molecule has 6 heteroatoms. The molecule has 0 aliphatic carbocycles. The van der Waals surface area contributed by atoms with Crippen LogP contribution in [0.3, 0.4) is 0 Å². The van der Waals surface area contributed by atoms with E-state index in [1.807, 2.05) is 38.1 Å². The Bertz CT molecular complexity index is 480. The van der Waals surface area contributed by atoms with Crippen molar-refractivity contribution in [2.24, 2.45) is 11.7 Å². The molecular formula is C16H26ClN3O2. The van der Waals surface area contributed by atoms with Gasteiger partial charge in [0.2, 0.25) is 11.8 Å². The molecule has 0 heterocycles. The predicted molar refractivity (Wildman–Crippen MR) is 91.9 cm³/mol. The first-order valence-corrected chi connectivity index (χ1v) is 7.43. The largest absolute Gasteiger partial charge is 0.352 e. The monoisotopic (exact) mass is 327 g/mol. The Balaban J connectivity index is 0.00000441. The quantitative estimate of drug-likeness (QED) is 0.685. The molecule has 2 amide bonds. The van der Waals surface area contributed by atoms with Gasteiger partial charge in [-0.3, -0.25) is 9.59 Å². The van der Waals surface area contributed by atoms with Crippen LogP contribution in [0.25, 0.3) is 0 Å². The first kappa shape index (κ1) is 20.4. The van der Waals surface area contributed by atoms with Crippen molar-refractivity contribution in [3.05, 3.63) is 29.8 Å². The lowest BCUT2D eigenvalue weighted by Gasteiger charge is -2.11. The van der Waals surface area contributed by atoms with E-state index in [4.69, 9.17) is 5.73 Å². The molecule has 4 N–H and O–H groups in total. The Labute approximate surface area is 138 Å². The third-order valence-corrected chi connectivity index (χ3v) is 3.35. The van der Waals surface area contributed by atoms with Gasteiger partial charge in [-0.25, -0.2) is 0 Å². The van der Waals surface area contributed by atoms with Gasteiger partial charge in [0, 0.05) is 24.6 Å². The number of nitrogens with two attached hydrogens (primary N) is 1. The molecule has 0 saturated heterocycles. The Morgan fingerprint density at radius 3 is 2.68 bits per heavy atom. The van der Waals surface area contributed by atoms with Crippen LogP contribution in [0.4, 0.5) is 5.69 Å². The summed E-state index contributed by atoms with van der Waals surface area (Å²) in [5, 5.41) is 5.73. The normalized spacial score (nSPS) is 11.2. The van der Waals surface area contributed by atoms with Crippen LogP contribution in [0.1, 0.15) is 38.7 Å². The number of amides is 2. The number of hydrogen-bond donors (Lipinski definition) is 3. The average Bonchev–Trinajstić information content (AvgIpc) is 2.50. The van der Waals surface area contributed by atoms with Crippen LogP contribution in [-0.4, -0.2) is 18.4 Å². The summed E-state index contributed by atoms with van der Waals surface area (Å²) >= 11 is 0. The second kappa shape index (κ2) is 11.0. The number of carbonyl (C=O) groups excluding carboxylic acids is 2. The first-order chi connectivity index (χ1) is 10.1. The SMILES string of the molecule is CCC(C)C(=O)Nc1cccc(CNC(=O)CCCN)c1.Cl. The number of hydrogen-bond acceptors (Lipinski definition) is 3. The molecule has 124 valence electrons. The van der Waals surface area contributed by atoms with Gasteiger partial charge in [-0.1, -0.05) is 26.0 Å². The summed E-state index contributed by atoms with van der Waals surface area (Å²) in [6.07, 6.45) is 1.94. The number of benzene rings is 1. The zero-order valence-corrected chi connectivity index (χ0v) is 14.0. The number of carbonyl (C=O) groups is 2. The van der Waals surface area contributed by atoms with E-state index in [-0.39, 0.29) is 30.1 Å². The molecule has 1 aromatic carbocycles. The minimum atomic E-state index is -0.00961. The van der Waals surface area contributed by atoms with E-state index in [0.29, 0.717) is 25.9 Å². The molecule has 0 radical (unpaired) electrons. The minimum absolute atomic E-state index is 0. The zero-order chi connectivity index (χ0) is 15.7. The predicted octanol–water partition coefficient (Wildman–Crippen LogP) is 2.45. The standard InChI is InChI=1S/C16H25N3O2.ClH/c1-3-12(2)16(21)19-14-7-4-6-13(10-14)11-18-15(20)8-5-9-17;/h4,6-7,10,12H,3,5,8-9,11,17H2,1-2H3,(H,18,20)(H,19,21);1H. The molecule has 0 saturated carbocycles. The number of halogens is 1. The number of nitrogens with one attached hydrogen (secondary N) is 2. The van der Waals surface area contributed by atoms with Gasteiger partial charge in [-0.05, 0) is 37.1 Å². The summed E-state index contributed by atoms with van der Waals surface area (Å²) in [5.41, 5.74) is 7.08. The highest BCUT2D eigenvalue weighted by Crippen LogP contribution is 2.13. The fourth-order valence-electron chi connectivity index (χ4n) is 1.76. The van der Waals surface area contributed by atoms with Crippen LogP contribution in [0, 0.1) is 5.92 Å². The number of anilines is 1. The summed E-state index contributed by atoms with van der Waals surface area (Å²) in [5.74, 6) is 0.000692. The van der Waals surface area contributed by atoms with Gasteiger partial charge in [0.25, 0.3) is 0 Å². The average molecular weight is 328 g/mol. The van der Waals surface area contributed by atoms with Crippen molar-refractivity contribution < 1.29 is 9.59 Å². The summed E-state index contributed by atoms with van der Waals surface area (Å²) in [6.45, 7) is 4.86. The van der Waals surface area contributed by atoms with Crippen LogP contribution in [-0.2, 0) is 16.1 Å². The fraction of sp³-hybridized carbons (Fsp3) is 0.500. The van der Waals surface area contributed by atoms with E-state index >= 15 is 0 Å². The van der Waals surface area contributed by atoms with Gasteiger partial charge >= 0.3 is 0 Å². The molecule has 1 aromatic rings. The van der Waals surface area contributed by atoms with Crippen LogP contribution >= 0.6 is 12.4 Å². The van der Waals surface area contributed by atoms with Crippen molar-refractivity contribution in [1.82, 2.24) is 5.32 Å². The lowest BCUT2D eigenvalue weighted by molar-refractivity contribution is -0.121. The van der Waals surface area contributed by atoms with Gasteiger partial charge in [0.1, 0.15) is 0 Å². The molecule has 0 bridgehead atoms. The van der Waals surface area contributed by atoms with Crippen LogP contribution in [0.2, 0.25) is 0 Å². The third-order valence-electron chi connectivity index (χ3n) is 3.35. The second-order valence-electron chi connectivity index (χ2n) is 5.17. The molecule has 1 unspecified atom stereocenters. The molecule has 0 fully saturated rings. The maximum atomic E-state index is 11.8. The second-order valence-corrected chi connectivity index (χ2v) is 5.17. The first-order valence-electron chi connectivity index (χ1n) is 7.43. The molecule has 0 aromatic heterocycles. The summed E-state index contributed by atoms with van der Waals surface area (Å²) in [4.78, 5) is 23.4. The van der Waals surface area contributed by atoms with Crippen molar-refractivity contribution >= 4 is 29.9 Å². The molecule has 1 atom stereocenters. The third kappa shape index (κ3) is 7.43. The van der Waals surface area contributed by atoms with E-state index in [1.54, 1.807) is 0 Å². The minimum Gasteiger partial charge on any atom is -0.352 e. The molecule has 1 rings (SSSR count). The van der Waals surface area contributed by atoms with Gasteiger partial charge in [0.15, 0.2) is 0 Å². The lowest BCUT2D eigenvalue weighted by atomic mass is 10.1. The summed E-state index contributed by atoms with van der Waals surface area (Å²) in [7, 11) is 0. The van der Waals surface area contributed by atoms with Gasteiger partial charge in [0.05, 0.1) is 0 Å². The Morgan fingerprint density at radius 1 is 1.32 bits per heavy atom. The highest BCUT2D eigenvalue weighted by Gasteiger charge is 2.10. The van der Waals surface area contributed by atoms with Gasteiger partial charge in [-0.2, -0.15) is 0 Å². The smallest absolute Gasteiger partial charge is 0.227 e. The van der Waals surface area contributed by atoms with Crippen molar-refractivity contribution in [3.63, 3.8) is 0 Å². The lowest BCUT2D eigenvalue weighted by Crippen LogP contribution is -2.23. The van der Waals surface area contributed by atoms with Gasteiger partial charge in [-0.15, -0.1) is 12.4 Å². The molecule has 0 aliphatic heterocycles. The van der Waals surface area contributed by atoms with Crippen molar-refractivity contribution in [2.45, 2.75) is 39.7 Å². The van der Waals surface area contributed by atoms with Crippen molar-refractivity contribution in [3.8, 4) is 0 Å². The maximum absolute atomic E-state index is 11.8. The molecule has 0 aliphatic rings. The Morgan fingerprint density at radius 2 is 2.05 bits per heavy atom. The van der Waals surface area contributed by atoms with E-state index in [2.05, 4.69) is 10.6 Å². The Kier molecular flexibility index (Phi) is 10.2. The summed E-state index contributed by atoms with van der Waals surface area (Å²) < 4.78 is 0.